The van der Waals surface area contributed by atoms with Crippen LogP contribution in [0.15, 0.2) is 0 Å². The van der Waals surface area contributed by atoms with Crippen LogP contribution < -0.4 is 0 Å². The molecule has 1 heterocycles. The summed E-state index contributed by atoms with van der Waals surface area (Å²) in [5.41, 5.74) is -0.166. The van der Waals surface area contributed by atoms with E-state index in [1.165, 1.54) is 0 Å². The van der Waals surface area contributed by atoms with Crippen LogP contribution in [0.25, 0.3) is 0 Å². The number of sulfone groups is 1. The van der Waals surface area contributed by atoms with Gasteiger partial charge in [-0.25, -0.2) is 8.42 Å². The molecule has 0 spiro atoms. The smallest absolute Gasteiger partial charge is 0.151 e. The average molecular weight is 228 g/mol. The van der Waals surface area contributed by atoms with E-state index in [1.54, 1.807) is 0 Å². The third kappa shape index (κ3) is 2.32. The molecule has 2 aliphatic rings. The summed E-state index contributed by atoms with van der Waals surface area (Å²) in [7, 11) is -0.874. The number of hydrogen-bond donors (Lipinski definition) is 0. The molecule has 0 amide bonds. The minimum Gasteiger partial charge on any atom is -0.301 e. The summed E-state index contributed by atoms with van der Waals surface area (Å²) in [5.74, 6) is 0.576. The summed E-state index contributed by atoms with van der Waals surface area (Å²) in [5, 5.41) is 8.96. The van der Waals surface area contributed by atoms with Crippen molar-refractivity contribution in [1.82, 2.24) is 4.90 Å². The molecule has 2 rings (SSSR count). The first-order chi connectivity index (χ1) is 6.96. The van der Waals surface area contributed by atoms with E-state index in [4.69, 9.17) is 5.26 Å². The SMILES string of the molecule is CN(CC1(C#N)CC1)C1CCS(=O)(=O)C1. The van der Waals surface area contributed by atoms with Gasteiger partial charge in [0.1, 0.15) is 0 Å². The number of nitrogens with zero attached hydrogens (tertiary/aromatic N) is 2. The summed E-state index contributed by atoms with van der Waals surface area (Å²) in [6.07, 6.45) is 2.65. The fourth-order valence-corrected chi connectivity index (χ4v) is 3.99. The van der Waals surface area contributed by atoms with Crippen molar-refractivity contribution in [1.29, 1.82) is 5.26 Å². The van der Waals surface area contributed by atoms with Crippen LogP contribution >= 0.6 is 0 Å². The zero-order valence-corrected chi connectivity index (χ0v) is 9.76. The predicted molar refractivity (Wildman–Crippen MR) is 57.0 cm³/mol. The van der Waals surface area contributed by atoms with Gasteiger partial charge < -0.3 is 4.90 Å². The Morgan fingerprint density at radius 2 is 2.20 bits per heavy atom. The van der Waals surface area contributed by atoms with Gasteiger partial charge in [0.2, 0.25) is 0 Å². The van der Waals surface area contributed by atoms with Gasteiger partial charge in [0.25, 0.3) is 0 Å². The molecule has 84 valence electrons. The first-order valence-corrected chi connectivity index (χ1v) is 7.10. The second-order valence-electron chi connectivity index (χ2n) is 4.86. The molecule has 1 atom stereocenters. The summed E-state index contributed by atoms with van der Waals surface area (Å²) in [4.78, 5) is 2.06. The normalized spacial score (nSPS) is 31.4. The molecular weight excluding hydrogens is 212 g/mol. The summed E-state index contributed by atoms with van der Waals surface area (Å²) < 4.78 is 22.6. The van der Waals surface area contributed by atoms with E-state index in [-0.39, 0.29) is 17.2 Å². The van der Waals surface area contributed by atoms with E-state index in [1.807, 2.05) is 7.05 Å². The van der Waals surface area contributed by atoms with E-state index in [9.17, 15) is 8.42 Å². The van der Waals surface area contributed by atoms with E-state index in [0.29, 0.717) is 5.75 Å². The zero-order valence-electron chi connectivity index (χ0n) is 8.94. The molecule has 0 bridgehead atoms. The molecule has 0 aromatic carbocycles. The Bertz CT molecular complexity index is 392. The highest BCUT2D eigenvalue weighted by atomic mass is 32.2. The molecule has 5 heteroatoms. The number of rotatable bonds is 3. The predicted octanol–water partition coefficient (Wildman–Crippen LogP) is 0.409. The van der Waals surface area contributed by atoms with Crippen LogP contribution in [0.2, 0.25) is 0 Å². The van der Waals surface area contributed by atoms with E-state index < -0.39 is 9.84 Å². The number of nitriles is 1. The van der Waals surface area contributed by atoms with Gasteiger partial charge in [0.15, 0.2) is 9.84 Å². The monoisotopic (exact) mass is 228 g/mol. The second-order valence-corrected chi connectivity index (χ2v) is 7.09. The number of hydrogen-bond acceptors (Lipinski definition) is 4. The van der Waals surface area contributed by atoms with Gasteiger partial charge in [-0.3, -0.25) is 0 Å². The molecule has 0 aromatic heterocycles. The summed E-state index contributed by atoms with van der Waals surface area (Å²) in [6.45, 7) is 0.726. The Labute approximate surface area is 90.8 Å². The Balaban J connectivity index is 1.93. The van der Waals surface area contributed by atoms with Crippen molar-refractivity contribution >= 4 is 9.84 Å². The lowest BCUT2D eigenvalue weighted by Crippen LogP contribution is -2.36. The highest BCUT2D eigenvalue weighted by Crippen LogP contribution is 2.45. The first kappa shape index (κ1) is 10.9. The molecule has 0 radical (unpaired) electrons. The van der Waals surface area contributed by atoms with Gasteiger partial charge in [-0.05, 0) is 26.3 Å². The van der Waals surface area contributed by atoms with Gasteiger partial charge in [-0.15, -0.1) is 0 Å². The van der Waals surface area contributed by atoms with Crippen LogP contribution in [0, 0.1) is 16.7 Å². The molecule has 0 aromatic rings. The topological polar surface area (TPSA) is 61.2 Å². The lowest BCUT2D eigenvalue weighted by atomic mass is 10.1. The van der Waals surface area contributed by atoms with Crippen molar-refractivity contribution in [2.24, 2.45) is 5.41 Å². The molecule has 4 nitrogen and oxygen atoms in total. The third-order valence-electron chi connectivity index (χ3n) is 3.47. The van der Waals surface area contributed by atoms with Crippen LogP contribution in [-0.2, 0) is 9.84 Å². The Kier molecular flexibility index (Phi) is 2.52. The Morgan fingerprint density at radius 3 is 2.60 bits per heavy atom. The standard InChI is InChI=1S/C10H16N2O2S/c1-12(8-10(7-11)3-4-10)9-2-5-15(13,14)6-9/h9H,2-6,8H2,1H3. The highest BCUT2D eigenvalue weighted by Gasteiger charge is 2.45. The molecule has 0 N–H and O–H groups in total. The van der Waals surface area contributed by atoms with E-state index >= 15 is 0 Å². The molecule has 2 fully saturated rings. The molecule has 1 saturated carbocycles. The van der Waals surface area contributed by atoms with Crippen molar-refractivity contribution in [2.45, 2.75) is 25.3 Å². The molecular formula is C10H16N2O2S. The van der Waals surface area contributed by atoms with Gasteiger partial charge in [-0.1, -0.05) is 0 Å². The largest absolute Gasteiger partial charge is 0.301 e. The maximum absolute atomic E-state index is 11.3. The highest BCUT2D eigenvalue weighted by molar-refractivity contribution is 7.91. The Morgan fingerprint density at radius 1 is 1.53 bits per heavy atom. The van der Waals surface area contributed by atoms with E-state index in [2.05, 4.69) is 11.0 Å². The molecule has 1 saturated heterocycles. The second kappa shape index (κ2) is 3.46. The summed E-state index contributed by atoms with van der Waals surface area (Å²) in [6, 6.07) is 2.46. The molecule has 15 heavy (non-hydrogen) atoms. The van der Waals surface area contributed by atoms with Gasteiger partial charge in [-0.2, -0.15) is 5.26 Å². The van der Waals surface area contributed by atoms with Crippen molar-refractivity contribution < 1.29 is 8.42 Å². The van der Waals surface area contributed by atoms with Gasteiger partial charge in [0.05, 0.1) is 23.0 Å². The summed E-state index contributed by atoms with van der Waals surface area (Å²) >= 11 is 0. The van der Waals surface area contributed by atoms with Crippen molar-refractivity contribution in [3.8, 4) is 6.07 Å². The maximum Gasteiger partial charge on any atom is 0.151 e. The van der Waals surface area contributed by atoms with E-state index in [0.717, 1.165) is 25.8 Å². The third-order valence-corrected chi connectivity index (χ3v) is 5.22. The lowest BCUT2D eigenvalue weighted by Gasteiger charge is -2.24. The minimum atomic E-state index is -2.81. The van der Waals surface area contributed by atoms with Gasteiger partial charge in [0, 0.05) is 12.6 Å². The maximum atomic E-state index is 11.3. The fraction of sp³-hybridized carbons (Fsp3) is 0.900. The molecule has 1 unspecified atom stereocenters. The Hall–Kier alpha value is -0.600. The fourth-order valence-electron chi connectivity index (χ4n) is 2.19. The van der Waals surface area contributed by atoms with Crippen molar-refractivity contribution in [2.75, 3.05) is 25.1 Å². The first-order valence-electron chi connectivity index (χ1n) is 5.28. The van der Waals surface area contributed by atoms with Crippen molar-refractivity contribution in [3.05, 3.63) is 0 Å². The van der Waals surface area contributed by atoms with Gasteiger partial charge >= 0.3 is 0 Å². The average Bonchev–Trinajstić information content (AvgIpc) is 2.84. The minimum absolute atomic E-state index is 0.126. The quantitative estimate of drug-likeness (QED) is 0.702. The van der Waals surface area contributed by atoms with Crippen LogP contribution in [0.4, 0.5) is 0 Å². The van der Waals surface area contributed by atoms with Crippen molar-refractivity contribution in [3.63, 3.8) is 0 Å². The lowest BCUT2D eigenvalue weighted by molar-refractivity contribution is 0.232. The van der Waals surface area contributed by atoms with Crippen LogP contribution in [-0.4, -0.2) is 44.5 Å². The van der Waals surface area contributed by atoms with Crippen LogP contribution in [0.3, 0.4) is 0 Å². The van der Waals surface area contributed by atoms with Crippen LogP contribution in [0.5, 0.6) is 0 Å². The molecule has 1 aliphatic carbocycles. The molecule has 1 aliphatic heterocycles. The zero-order chi connectivity index (χ0) is 11.1. The van der Waals surface area contributed by atoms with Crippen LogP contribution in [0.1, 0.15) is 19.3 Å².